The standard InChI is InChI=1S/C15H15FN2O3/c1-20-10-4-2-9(3-5-10)8-21-14-6-11(15(18)19)13(17)7-12(14)16/h2-7H,8,17H2,1H3,(H2,18,19). The van der Waals surface area contributed by atoms with Crippen LogP contribution in [0.4, 0.5) is 10.1 Å². The molecule has 2 aromatic carbocycles. The third-order valence-electron chi connectivity index (χ3n) is 2.92. The largest absolute Gasteiger partial charge is 0.497 e. The van der Waals surface area contributed by atoms with Gasteiger partial charge in [0.2, 0.25) is 0 Å². The lowest BCUT2D eigenvalue weighted by Gasteiger charge is -2.10. The molecule has 0 aliphatic heterocycles. The zero-order chi connectivity index (χ0) is 15.4. The first-order valence-electron chi connectivity index (χ1n) is 6.16. The van der Waals surface area contributed by atoms with E-state index in [9.17, 15) is 9.18 Å². The van der Waals surface area contributed by atoms with Gasteiger partial charge in [0, 0.05) is 11.8 Å². The average Bonchev–Trinajstić information content (AvgIpc) is 2.46. The Bertz CT molecular complexity index is 657. The van der Waals surface area contributed by atoms with Gasteiger partial charge in [0.05, 0.1) is 12.7 Å². The number of methoxy groups -OCH3 is 1. The van der Waals surface area contributed by atoms with Gasteiger partial charge in [-0.05, 0) is 23.8 Å². The number of ether oxygens (including phenoxy) is 2. The van der Waals surface area contributed by atoms with Gasteiger partial charge >= 0.3 is 0 Å². The smallest absolute Gasteiger partial charge is 0.250 e. The summed E-state index contributed by atoms with van der Waals surface area (Å²) in [7, 11) is 1.57. The molecule has 0 aliphatic carbocycles. The molecule has 0 bridgehead atoms. The van der Waals surface area contributed by atoms with E-state index >= 15 is 0 Å². The SMILES string of the molecule is COc1ccc(COc2cc(C(N)=O)c(N)cc2F)cc1. The number of benzene rings is 2. The number of halogens is 1. The summed E-state index contributed by atoms with van der Waals surface area (Å²) in [5, 5.41) is 0. The molecule has 0 spiro atoms. The Labute approximate surface area is 121 Å². The van der Waals surface area contributed by atoms with Gasteiger partial charge in [0.15, 0.2) is 11.6 Å². The molecule has 0 aliphatic rings. The number of carbonyl (C=O) groups excluding carboxylic acids is 1. The van der Waals surface area contributed by atoms with Crippen molar-refractivity contribution in [3.05, 3.63) is 53.3 Å². The van der Waals surface area contributed by atoms with E-state index in [0.29, 0.717) is 5.75 Å². The molecule has 21 heavy (non-hydrogen) atoms. The Balaban J connectivity index is 2.15. The van der Waals surface area contributed by atoms with Crippen molar-refractivity contribution in [3.8, 4) is 11.5 Å². The van der Waals surface area contributed by atoms with Crippen molar-refractivity contribution in [2.45, 2.75) is 6.61 Å². The molecule has 0 saturated carbocycles. The lowest BCUT2D eigenvalue weighted by atomic mass is 10.1. The maximum Gasteiger partial charge on any atom is 0.250 e. The van der Waals surface area contributed by atoms with Crippen LogP contribution in [0.25, 0.3) is 0 Å². The Morgan fingerprint density at radius 2 is 1.90 bits per heavy atom. The molecule has 0 heterocycles. The van der Waals surface area contributed by atoms with Crippen LogP contribution in [0.5, 0.6) is 11.5 Å². The summed E-state index contributed by atoms with van der Waals surface area (Å²) >= 11 is 0. The first-order chi connectivity index (χ1) is 10.0. The van der Waals surface area contributed by atoms with Crippen molar-refractivity contribution in [1.29, 1.82) is 0 Å². The summed E-state index contributed by atoms with van der Waals surface area (Å²) in [5.41, 5.74) is 11.5. The number of hydrogen-bond acceptors (Lipinski definition) is 4. The Morgan fingerprint density at radius 1 is 1.24 bits per heavy atom. The van der Waals surface area contributed by atoms with Gasteiger partial charge in [-0.1, -0.05) is 12.1 Å². The molecular formula is C15H15FN2O3. The normalized spacial score (nSPS) is 10.2. The molecule has 0 fully saturated rings. The van der Waals surface area contributed by atoms with E-state index in [0.717, 1.165) is 11.6 Å². The Kier molecular flexibility index (Phi) is 4.27. The molecule has 0 atom stereocenters. The Morgan fingerprint density at radius 3 is 2.48 bits per heavy atom. The lowest BCUT2D eigenvalue weighted by Crippen LogP contribution is -2.14. The third kappa shape index (κ3) is 3.42. The van der Waals surface area contributed by atoms with Crippen molar-refractivity contribution in [2.24, 2.45) is 5.73 Å². The first kappa shape index (κ1) is 14.6. The Hall–Kier alpha value is -2.76. The number of nitrogen functional groups attached to an aromatic ring is 1. The highest BCUT2D eigenvalue weighted by molar-refractivity contribution is 5.98. The molecule has 6 heteroatoms. The predicted molar refractivity (Wildman–Crippen MR) is 76.7 cm³/mol. The second kappa shape index (κ2) is 6.13. The minimum atomic E-state index is -0.734. The van der Waals surface area contributed by atoms with Gasteiger partial charge in [0.1, 0.15) is 12.4 Å². The fourth-order valence-electron chi connectivity index (χ4n) is 1.78. The van der Waals surface area contributed by atoms with E-state index in [2.05, 4.69) is 0 Å². The molecule has 0 radical (unpaired) electrons. The van der Waals surface area contributed by atoms with Crippen LogP contribution in [0.15, 0.2) is 36.4 Å². The quantitative estimate of drug-likeness (QED) is 0.825. The van der Waals surface area contributed by atoms with Crippen molar-refractivity contribution in [2.75, 3.05) is 12.8 Å². The summed E-state index contributed by atoms with van der Waals surface area (Å²) in [6, 6.07) is 9.35. The number of primary amides is 1. The number of amides is 1. The number of hydrogen-bond donors (Lipinski definition) is 2. The number of nitrogens with two attached hydrogens (primary N) is 2. The summed E-state index contributed by atoms with van der Waals surface area (Å²) in [5.74, 6) is -0.741. The highest BCUT2D eigenvalue weighted by Gasteiger charge is 2.13. The fourth-order valence-corrected chi connectivity index (χ4v) is 1.78. The fraction of sp³-hybridized carbons (Fsp3) is 0.133. The van der Waals surface area contributed by atoms with Crippen LogP contribution < -0.4 is 20.9 Å². The van der Waals surface area contributed by atoms with Gasteiger partial charge in [-0.15, -0.1) is 0 Å². The minimum absolute atomic E-state index is 0.0169. The molecule has 5 nitrogen and oxygen atoms in total. The van der Waals surface area contributed by atoms with Gasteiger partial charge in [-0.2, -0.15) is 0 Å². The van der Waals surface area contributed by atoms with E-state index in [1.165, 1.54) is 6.07 Å². The predicted octanol–water partition coefficient (Wildman–Crippen LogP) is 2.09. The zero-order valence-corrected chi connectivity index (χ0v) is 11.4. The van der Waals surface area contributed by atoms with E-state index in [4.69, 9.17) is 20.9 Å². The van der Waals surface area contributed by atoms with E-state index in [1.54, 1.807) is 31.4 Å². The molecule has 0 aromatic heterocycles. The highest BCUT2D eigenvalue weighted by atomic mass is 19.1. The molecule has 2 aromatic rings. The van der Waals surface area contributed by atoms with Crippen molar-refractivity contribution >= 4 is 11.6 Å². The van der Waals surface area contributed by atoms with Crippen LogP contribution in [0.2, 0.25) is 0 Å². The number of rotatable bonds is 5. The topological polar surface area (TPSA) is 87.6 Å². The maximum absolute atomic E-state index is 13.7. The second-order valence-electron chi connectivity index (χ2n) is 4.37. The monoisotopic (exact) mass is 290 g/mol. The average molecular weight is 290 g/mol. The van der Waals surface area contributed by atoms with Crippen molar-refractivity contribution < 1.29 is 18.7 Å². The number of carbonyl (C=O) groups is 1. The van der Waals surface area contributed by atoms with Crippen molar-refractivity contribution in [3.63, 3.8) is 0 Å². The second-order valence-corrected chi connectivity index (χ2v) is 4.37. The summed E-state index contributed by atoms with van der Waals surface area (Å²) < 4.78 is 24.1. The van der Waals surface area contributed by atoms with Crippen LogP contribution in [0.1, 0.15) is 15.9 Å². The van der Waals surface area contributed by atoms with Gasteiger partial charge < -0.3 is 20.9 Å². The van der Waals surface area contributed by atoms with Crippen LogP contribution in [-0.4, -0.2) is 13.0 Å². The molecule has 0 unspecified atom stereocenters. The molecular weight excluding hydrogens is 275 g/mol. The molecule has 2 rings (SSSR count). The van der Waals surface area contributed by atoms with Crippen molar-refractivity contribution in [1.82, 2.24) is 0 Å². The maximum atomic E-state index is 13.7. The summed E-state index contributed by atoms with van der Waals surface area (Å²) in [4.78, 5) is 11.2. The van der Waals surface area contributed by atoms with E-state index in [1.807, 2.05) is 0 Å². The van der Waals surface area contributed by atoms with Crippen LogP contribution in [-0.2, 0) is 6.61 Å². The van der Waals surface area contributed by atoms with Gasteiger partial charge in [0.25, 0.3) is 5.91 Å². The van der Waals surface area contributed by atoms with Crippen LogP contribution >= 0.6 is 0 Å². The molecule has 110 valence electrons. The van der Waals surface area contributed by atoms with Crippen LogP contribution in [0.3, 0.4) is 0 Å². The minimum Gasteiger partial charge on any atom is -0.497 e. The molecule has 4 N–H and O–H groups in total. The highest BCUT2D eigenvalue weighted by Crippen LogP contribution is 2.25. The van der Waals surface area contributed by atoms with Gasteiger partial charge in [-0.3, -0.25) is 4.79 Å². The lowest BCUT2D eigenvalue weighted by molar-refractivity contribution is 0.100. The van der Waals surface area contributed by atoms with Crippen LogP contribution in [0, 0.1) is 5.82 Å². The number of anilines is 1. The van der Waals surface area contributed by atoms with Gasteiger partial charge in [-0.25, -0.2) is 4.39 Å². The third-order valence-corrected chi connectivity index (χ3v) is 2.92. The molecule has 0 saturated heterocycles. The van der Waals surface area contributed by atoms with E-state index in [-0.39, 0.29) is 23.6 Å². The molecule has 1 amide bonds. The summed E-state index contributed by atoms with van der Waals surface area (Å²) in [6.45, 7) is 0.142. The summed E-state index contributed by atoms with van der Waals surface area (Å²) in [6.07, 6.45) is 0. The zero-order valence-electron chi connectivity index (χ0n) is 11.4. The van der Waals surface area contributed by atoms with E-state index < -0.39 is 11.7 Å². The first-order valence-corrected chi connectivity index (χ1v) is 6.16.